The number of anilines is 1. The maximum absolute atomic E-state index is 12.6. The predicted molar refractivity (Wildman–Crippen MR) is 117 cm³/mol. The molecule has 0 amide bonds. The van der Waals surface area contributed by atoms with Crippen molar-refractivity contribution in [2.24, 2.45) is 12.0 Å². The molecule has 3 heterocycles. The normalized spacial score (nSPS) is 18.0. The maximum Gasteiger partial charge on any atom is 0.254 e. The van der Waals surface area contributed by atoms with E-state index in [4.69, 9.17) is 14.5 Å². The zero-order valence-corrected chi connectivity index (χ0v) is 17.3. The summed E-state index contributed by atoms with van der Waals surface area (Å²) in [6, 6.07) is 7.10. The van der Waals surface area contributed by atoms with Gasteiger partial charge in [0.25, 0.3) is 5.56 Å². The fourth-order valence-electron chi connectivity index (χ4n) is 3.69. The molecule has 4 rings (SSSR count). The Labute approximate surface area is 175 Å². The summed E-state index contributed by atoms with van der Waals surface area (Å²) in [4.78, 5) is 23.9. The second-order valence-corrected chi connectivity index (χ2v) is 7.13. The monoisotopic (exact) mass is 407 g/mol. The lowest BCUT2D eigenvalue weighted by molar-refractivity contribution is 0.393. The zero-order chi connectivity index (χ0) is 21.1. The number of methoxy groups -OCH3 is 2. The molecule has 1 aromatic heterocycles. The van der Waals surface area contributed by atoms with Crippen molar-refractivity contribution in [2.45, 2.75) is 12.5 Å². The van der Waals surface area contributed by atoms with Gasteiger partial charge in [-0.2, -0.15) is 0 Å². The molecule has 0 bridgehead atoms. The second kappa shape index (κ2) is 8.44. The Morgan fingerprint density at radius 2 is 2.07 bits per heavy atom. The third kappa shape index (κ3) is 3.80. The van der Waals surface area contributed by atoms with E-state index in [1.54, 1.807) is 44.4 Å². The molecule has 1 aromatic carbocycles. The number of nitrogens with one attached hydrogen (secondary N) is 1. The molecule has 2 aliphatic rings. The van der Waals surface area contributed by atoms with Crippen molar-refractivity contribution in [2.75, 3.05) is 32.2 Å². The highest BCUT2D eigenvalue weighted by Gasteiger charge is 2.22. The molecule has 1 N–H and O–H groups in total. The summed E-state index contributed by atoms with van der Waals surface area (Å²) < 4.78 is 12.5. The predicted octanol–water partition coefficient (Wildman–Crippen LogP) is 2.28. The zero-order valence-electron chi connectivity index (χ0n) is 17.3. The van der Waals surface area contributed by atoms with E-state index >= 15 is 0 Å². The lowest BCUT2D eigenvalue weighted by Gasteiger charge is -2.30. The van der Waals surface area contributed by atoms with Crippen molar-refractivity contribution in [1.29, 1.82) is 0 Å². The Bertz CT molecular complexity index is 1070. The number of ether oxygens (including phenoxy) is 2. The smallest absolute Gasteiger partial charge is 0.254 e. The molecule has 2 aromatic rings. The summed E-state index contributed by atoms with van der Waals surface area (Å²) in [6.45, 7) is 1.40. The van der Waals surface area contributed by atoms with E-state index in [1.165, 1.54) is 0 Å². The van der Waals surface area contributed by atoms with E-state index in [-0.39, 0.29) is 11.6 Å². The van der Waals surface area contributed by atoms with Gasteiger partial charge in [0.1, 0.15) is 17.5 Å². The van der Waals surface area contributed by atoms with Crippen LogP contribution >= 0.6 is 0 Å². The van der Waals surface area contributed by atoms with Gasteiger partial charge in [-0.3, -0.25) is 14.4 Å². The summed E-state index contributed by atoms with van der Waals surface area (Å²) in [5.74, 6) is 2.14. The number of rotatable bonds is 5. The summed E-state index contributed by atoms with van der Waals surface area (Å²) in [6.07, 6.45) is 8.35. The molecule has 30 heavy (non-hydrogen) atoms. The molecular formula is C22H25N5O3. The van der Waals surface area contributed by atoms with Crippen LogP contribution in [0.2, 0.25) is 0 Å². The van der Waals surface area contributed by atoms with Crippen molar-refractivity contribution in [3.8, 4) is 11.5 Å². The number of aromatic nitrogens is 2. The van der Waals surface area contributed by atoms with Crippen LogP contribution in [0.3, 0.4) is 0 Å². The van der Waals surface area contributed by atoms with Crippen LogP contribution in [0, 0.1) is 0 Å². The van der Waals surface area contributed by atoms with Crippen LogP contribution in [0.1, 0.15) is 23.7 Å². The highest BCUT2D eigenvalue weighted by molar-refractivity contribution is 5.75. The summed E-state index contributed by atoms with van der Waals surface area (Å²) in [5, 5.41) is 2.91. The molecule has 1 unspecified atom stereocenters. The number of aliphatic imine (C=N–C) groups is 1. The van der Waals surface area contributed by atoms with E-state index in [0.717, 1.165) is 35.6 Å². The minimum absolute atomic E-state index is 0.102. The SMILES string of the molecule is COc1ccc(C2=CCCN(c3nc(C4C=CNC=N4)cc(=O)n3C)C2)c(OC)c1. The van der Waals surface area contributed by atoms with Crippen molar-refractivity contribution in [1.82, 2.24) is 14.9 Å². The third-order valence-corrected chi connectivity index (χ3v) is 5.31. The number of benzene rings is 1. The van der Waals surface area contributed by atoms with Gasteiger partial charge in [0.15, 0.2) is 0 Å². The molecule has 0 fully saturated rings. The van der Waals surface area contributed by atoms with E-state index in [2.05, 4.69) is 21.3 Å². The fourth-order valence-corrected chi connectivity index (χ4v) is 3.69. The molecule has 0 saturated heterocycles. The molecule has 8 nitrogen and oxygen atoms in total. The lowest BCUT2D eigenvalue weighted by atomic mass is 10.00. The second-order valence-electron chi connectivity index (χ2n) is 7.13. The van der Waals surface area contributed by atoms with E-state index in [9.17, 15) is 4.79 Å². The summed E-state index contributed by atoms with van der Waals surface area (Å²) in [7, 11) is 5.04. The van der Waals surface area contributed by atoms with Gasteiger partial charge >= 0.3 is 0 Å². The van der Waals surface area contributed by atoms with Crippen molar-refractivity contribution < 1.29 is 9.47 Å². The van der Waals surface area contributed by atoms with Crippen LogP contribution in [-0.2, 0) is 7.05 Å². The van der Waals surface area contributed by atoms with Crippen molar-refractivity contribution in [3.05, 3.63) is 64.2 Å². The van der Waals surface area contributed by atoms with Crippen LogP contribution in [-0.4, -0.2) is 43.2 Å². The van der Waals surface area contributed by atoms with Crippen LogP contribution < -0.4 is 25.2 Å². The van der Waals surface area contributed by atoms with E-state index < -0.39 is 0 Å². The Hall–Kier alpha value is -3.55. The fraction of sp³-hybridized carbons (Fsp3) is 0.318. The number of hydrogen-bond donors (Lipinski definition) is 1. The average molecular weight is 407 g/mol. The van der Waals surface area contributed by atoms with Gasteiger partial charge in [-0.25, -0.2) is 4.98 Å². The number of nitrogens with zero attached hydrogens (tertiary/aromatic N) is 4. The van der Waals surface area contributed by atoms with Gasteiger partial charge in [0.2, 0.25) is 5.95 Å². The molecule has 8 heteroatoms. The first-order valence-electron chi connectivity index (χ1n) is 9.79. The van der Waals surface area contributed by atoms with Gasteiger partial charge in [0, 0.05) is 44.0 Å². The molecule has 2 aliphatic heterocycles. The minimum Gasteiger partial charge on any atom is -0.497 e. The Kier molecular flexibility index (Phi) is 5.56. The van der Waals surface area contributed by atoms with Crippen LogP contribution in [0.4, 0.5) is 5.95 Å². The standard InChI is InChI=1S/C22H25N5O3/c1-26-21(28)12-19(18-8-9-23-14-24-18)25-22(26)27-10-4-5-15(13-27)17-7-6-16(29-2)11-20(17)30-3/h5-9,11-12,14,18H,4,10,13H2,1-3H3,(H,23,24). The molecule has 156 valence electrons. The molecular weight excluding hydrogens is 382 g/mol. The summed E-state index contributed by atoms with van der Waals surface area (Å²) >= 11 is 0. The van der Waals surface area contributed by atoms with Crippen LogP contribution in [0.15, 0.2) is 52.4 Å². The molecule has 0 saturated carbocycles. The molecule has 0 spiro atoms. The van der Waals surface area contributed by atoms with Crippen LogP contribution in [0.5, 0.6) is 11.5 Å². The minimum atomic E-state index is -0.264. The summed E-state index contributed by atoms with van der Waals surface area (Å²) in [5.41, 5.74) is 2.67. The topological polar surface area (TPSA) is 81.0 Å². The molecule has 0 aliphatic carbocycles. The average Bonchev–Trinajstić information content (AvgIpc) is 2.81. The van der Waals surface area contributed by atoms with E-state index in [1.807, 2.05) is 24.3 Å². The van der Waals surface area contributed by atoms with Crippen molar-refractivity contribution >= 4 is 17.9 Å². The highest BCUT2D eigenvalue weighted by atomic mass is 16.5. The highest BCUT2D eigenvalue weighted by Crippen LogP contribution is 2.33. The third-order valence-electron chi connectivity index (χ3n) is 5.31. The molecule has 1 atom stereocenters. The number of hydrogen-bond acceptors (Lipinski definition) is 7. The quantitative estimate of drug-likeness (QED) is 0.819. The van der Waals surface area contributed by atoms with Crippen LogP contribution in [0.25, 0.3) is 5.57 Å². The van der Waals surface area contributed by atoms with Gasteiger partial charge in [0.05, 0.1) is 26.3 Å². The maximum atomic E-state index is 12.6. The Morgan fingerprint density at radius 1 is 1.20 bits per heavy atom. The van der Waals surface area contributed by atoms with Gasteiger partial charge in [-0.05, 0) is 30.2 Å². The van der Waals surface area contributed by atoms with Crippen molar-refractivity contribution in [3.63, 3.8) is 0 Å². The first kappa shape index (κ1) is 19.8. The first-order chi connectivity index (χ1) is 14.6. The Morgan fingerprint density at radius 3 is 2.80 bits per heavy atom. The first-order valence-corrected chi connectivity index (χ1v) is 9.79. The Balaban J connectivity index is 1.66. The molecule has 0 radical (unpaired) electrons. The van der Waals surface area contributed by atoms with Gasteiger partial charge < -0.3 is 19.7 Å². The van der Waals surface area contributed by atoms with Gasteiger partial charge in [-0.15, -0.1) is 0 Å². The largest absolute Gasteiger partial charge is 0.497 e. The van der Waals surface area contributed by atoms with Gasteiger partial charge in [-0.1, -0.05) is 6.08 Å². The lowest BCUT2D eigenvalue weighted by Crippen LogP contribution is -2.36. The van der Waals surface area contributed by atoms with E-state index in [0.29, 0.717) is 18.2 Å².